The summed E-state index contributed by atoms with van der Waals surface area (Å²) in [6.45, 7) is 3.84. The Hall–Kier alpha value is -1.58. The first-order chi connectivity index (χ1) is 15.2. The predicted octanol–water partition coefficient (Wildman–Crippen LogP) is 6.58. The first-order valence-electron chi connectivity index (χ1n) is 11.9. The summed E-state index contributed by atoms with van der Waals surface area (Å²) < 4.78 is 10.4. The van der Waals surface area contributed by atoms with Crippen molar-refractivity contribution in [1.82, 2.24) is 0 Å². The number of hydrogen-bond acceptors (Lipinski definition) is 4. The average molecular weight is 482 g/mol. The number of unbranched alkanes of at least 4 members (excludes halogenated alkanes) is 4. The van der Waals surface area contributed by atoms with Crippen molar-refractivity contribution in [3.05, 3.63) is 55.3 Å². The largest absolute Gasteiger partial charge is 2.00 e. The Kier molecular flexibility index (Phi) is 15.9. The van der Waals surface area contributed by atoms with Crippen molar-refractivity contribution < 1.29 is 36.1 Å². The van der Waals surface area contributed by atoms with Crippen LogP contribution in [-0.2, 0) is 37.8 Å². The zero-order chi connectivity index (χ0) is 22.2. The molecule has 1 atom stereocenters. The van der Waals surface area contributed by atoms with E-state index in [2.05, 4.69) is 19.4 Å². The Labute approximate surface area is 205 Å². The maximum absolute atomic E-state index is 12.0. The average Bonchev–Trinajstić information content (AvgIpc) is 3.53. The molecule has 1 unspecified atom stereocenters. The summed E-state index contributed by atoms with van der Waals surface area (Å²) in [6.07, 6.45) is 20.7. The normalized spacial score (nSPS) is 16.9. The molecule has 0 aliphatic heterocycles. The van der Waals surface area contributed by atoms with Gasteiger partial charge in [0.05, 0.1) is 6.61 Å². The van der Waals surface area contributed by atoms with Crippen molar-refractivity contribution in [1.29, 1.82) is 0 Å². The molecule has 0 heterocycles. The second-order valence-corrected chi connectivity index (χ2v) is 8.30. The van der Waals surface area contributed by atoms with Crippen molar-refractivity contribution in [2.45, 2.75) is 83.5 Å². The van der Waals surface area contributed by atoms with Crippen LogP contribution >= 0.6 is 0 Å². The fourth-order valence-electron chi connectivity index (χ4n) is 3.82. The van der Waals surface area contributed by atoms with E-state index in [4.69, 9.17) is 9.47 Å². The Morgan fingerprint density at radius 3 is 2.25 bits per heavy atom. The van der Waals surface area contributed by atoms with Gasteiger partial charge in [0, 0.05) is 6.08 Å². The number of rotatable bonds is 11. The van der Waals surface area contributed by atoms with Gasteiger partial charge in [0.2, 0.25) is 0 Å². The van der Waals surface area contributed by atoms with Crippen LogP contribution in [0.2, 0.25) is 0 Å². The third kappa shape index (κ3) is 12.5. The summed E-state index contributed by atoms with van der Waals surface area (Å²) in [5, 5.41) is 0. The van der Waals surface area contributed by atoms with E-state index < -0.39 is 0 Å². The fourth-order valence-corrected chi connectivity index (χ4v) is 3.82. The van der Waals surface area contributed by atoms with Crippen LogP contribution in [0.25, 0.3) is 0 Å². The van der Waals surface area contributed by atoms with Crippen LogP contribution in [0.1, 0.15) is 82.6 Å². The second kappa shape index (κ2) is 17.9. The monoisotopic (exact) mass is 482 g/mol. The summed E-state index contributed by atoms with van der Waals surface area (Å²) in [5.41, 5.74) is 1.26. The van der Waals surface area contributed by atoms with E-state index in [0.29, 0.717) is 12.4 Å². The molecule has 0 amide bonds. The van der Waals surface area contributed by atoms with E-state index in [9.17, 15) is 9.59 Å². The zero-order valence-electron chi connectivity index (χ0n) is 19.2. The minimum Gasteiger partial charge on any atom is -0.463 e. The van der Waals surface area contributed by atoms with Gasteiger partial charge in [0.25, 0.3) is 5.97 Å². The van der Waals surface area contributed by atoms with Crippen LogP contribution in [0, 0.1) is 18.8 Å². The molecule has 2 aliphatic carbocycles. The van der Waals surface area contributed by atoms with Gasteiger partial charge in [0.15, 0.2) is 0 Å². The van der Waals surface area contributed by atoms with Crippen LogP contribution in [-0.4, -0.2) is 18.5 Å². The zero-order valence-corrected chi connectivity index (χ0v) is 20.3. The smallest absolute Gasteiger partial charge is 0.463 e. The Bertz CT molecular complexity index is 639. The minimum absolute atomic E-state index is 0. The van der Waals surface area contributed by atoms with E-state index in [1.54, 1.807) is 0 Å². The van der Waals surface area contributed by atoms with Crippen molar-refractivity contribution in [3.8, 4) is 5.75 Å². The molecule has 5 heteroatoms. The van der Waals surface area contributed by atoms with Crippen LogP contribution in [0.15, 0.2) is 36.9 Å². The van der Waals surface area contributed by atoms with E-state index in [1.165, 1.54) is 37.3 Å². The summed E-state index contributed by atoms with van der Waals surface area (Å²) in [5.74, 6) is 0.123. The van der Waals surface area contributed by atoms with E-state index in [0.717, 1.165) is 57.8 Å². The molecule has 1 aromatic rings. The molecule has 0 aromatic heterocycles. The molecular weight excluding hydrogens is 444 g/mol. The fraction of sp³-hybridized carbons (Fsp3) is 0.556. The van der Waals surface area contributed by atoms with Crippen LogP contribution in [0.3, 0.4) is 0 Å². The van der Waals surface area contributed by atoms with Gasteiger partial charge in [-0.1, -0.05) is 69.6 Å². The van der Waals surface area contributed by atoms with Gasteiger partial charge < -0.3 is 22.3 Å². The molecular formula is C27H38FeO4. The molecule has 2 saturated carbocycles. The molecule has 2 aliphatic rings. The first-order valence-corrected chi connectivity index (χ1v) is 11.9. The van der Waals surface area contributed by atoms with E-state index in [-0.39, 0.29) is 34.9 Å². The van der Waals surface area contributed by atoms with Crippen molar-refractivity contribution in [2.24, 2.45) is 5.92 Å². The number of esters is 2. The third-order valence-corrected chi connectivity index (χ3v) is 5.70. The van der Waals surface area contributed by atoms with Gasteiger partial charge in [0.1, 0.15) is 5.75 Å². The second-order valence-electron chi connectivity index (χ2n) is 8.30. The molecule has 0 bridgehead atoms. The number of carbonyl (C=O) groups is 2. The van der Waals surface area contributed by atoms with Gasteiger partial charge in [-0.2, -0.15) is 19.3 Å². The van der Waals surface area contributed by atoms with Crippen LogP contribution in [0.5, 0.6) is 5.75 Å². The number of benzene rings is 1. The van der Waals surface area contributed by atoms with Crippen LogP contribution < -0.4 is 4.74 Å². The molecule has 0 saturated heterocycles. The van der Waals surface area contributed by atoms with Crippen molar-refractivity contribution in [3.63, 3.8) is 0 Å². The summed E-state index contributed by atoms with van der Waals surface area (Å²) >= 11 is 0. The minimum atomic E-state index is -0.347. The van der Waals surface area contributed by atoms with E-state index >= 15 is 0 Å². The number of aryl methyl sites for hydroxylation is 1. The molecule has 32 heavy (non-hydrogen) atoms. The number of hydrogen-bond donors (Lipinski definition) is 0. The quantitative estimate of drug-likeness (QED) is 0.0893. The van der Waals surface area contributed by atoms with Crippen molar-refractivity contribution >= 4 is 11.9 Å². The maximum atomic E-state index is 12.0. The summed E-state index contributed by atoms with van der Waals surface area (Å²) in [4.78, 5) is 22.9. The SMILES string of the molecule is C=CC(=O)OCCCCCCCc1ccc(OC(=O)C2[CH-]CCC2)cc1.[CH-]1CCCC1.[Fe+2]. The number of ether oxygens (including phenoxy) is 2. The summed E-state index contributed by atoms with van der Waals surface area (Å²) in [7, 11) is 0. The van der Waals surface area contributed by atoms with Gasteiger partial charge in [-0.05, 0) is 37.0 Å². The molecule has 2 fully saturated rings. The van der Waals surface area contributed by atoms with Gasteiger partial charge in [-0.3, -0.25) is 4.79 Å². The number of carbonyl (C=O) groups excluding carboxylic acids is 2. The molecule has 0 radical (unpaired) electrons. The Morgan fingerprint density at radius 1 is 0.969 bits per heavy atom. The molecule has 178 valence electrons. The molecule has 0 N–H and O–H groups in total. The van der Waals surface area contributed by atoms with Crippen LogP contribution in [0.4, 0.5) is 0 Å². The molecule has 1 aromatic carbocycles. The third-order valence-electron chi connectivity index (χ3n) is 5.70. The van der Waals surface area contributed by atoms with Gasteiger partial charge >= 0.3 is 23.0 Å². The van der Waals surface area contributed by atoms with E-state index in [1.807, 2.05) is 24.3 Å². The molecule has 3 rings (SSSR count). The Morgan fingerprint density at radius 2 is 1.66 bits per heavy atom. The Balaban J connectivity index is 0.000000750. The molecule has 0 spiro atoms. The predicted molar refractivity (Wildman–Crippen MR) is 124 cm³/mol. The topological polar surface area (TPSA) is 52.6 Å². The first kappa shape index (κ1) is 28.5. The van der Waals surface area contributed by atoms with Crippen molar-refractivity contribution in [2.75, 3.05) is 6.61 Å². The standard InChI is InChI=1S/C22H29O4.C5H9.Fe/c1-2-21(23)25-17-9-5-3-4-6-10-18-13-15-20(16-14-18)26-22(24)19-11-7-8-12-19;1-2-4-5-3-1;/h2,11,13-16,19H,1,3-10,12,17H2;1H,2-5H2;/q2*-1;+2. The van der Waals surface area contributed by atoms with Gasteiger partial charge in [-0.25, -0.2) is 4.79 Å². The van der Waals surface area contributed by atoms with Gasteiger partial charge in [-0.15, -0.1) is 0 Å². The molecule has 4 nitrogen and oxygen atoms in total. The maximum Gasteiger partial charge on any atom is 2.00 e. The summed E-state index contributed by atoms with van der Waals surface area (Å²) in [6, 6.07) is 7.84.